The van der Waals surface area contributed by atoms with Gasteiger partial charge in [-0.2, -0.15) is 0 Å². The van der Waals surface area contributed by atoms with Gasteiger partial charge in [0, 0.05) is 9.86 Å². The van der Waals surface area contributed by atoms with Crippen molar-refractivity contribution in [3.8, 4) is 0 Å². The van der Waals surface area contributed by atoms with Gasteiger partial charge in [-0.05, 0) is 45.0 Å². The molecule has 2 aromatic rings. The molecular formula is C15H16BrNO4. The predicted molar refractivity (Wildman–Crippen MR) is 82.1 cm³/mol. The van der Waals surface area contributed by atoms with E-state index in [1.807, 2.05) is 12.1 Å². The van der Waals surface area contributed by atoms with Crippen LogP contribution >= 0.6 is 15.9 Å². The molecule has 2 rings (SSSR count). The summed E-state index contributed by atoms with van der Waals surface area (Å²) in [4.78, 5) is 23.5. The number of halogens is 1. The number of carbonyl (C=O) groups excluding carboxylic acids is 2. The van der Waals surface area contributed by atoms with Gasteiger partial charge in [0.25, 0.3) is 5.91 Å². The Hall–Kier alpha value is -1.82. The summed E-state index contributed by atoms with van der Waals surface area (Å²) in [5.41, 5.74) is 0.0357. The number of ether oxygens (including phenoxy) is 1. The Morgan fingerprint density at radius 3 is 2.67 bits per heavy atom. The van der Waals surface area contributed by atoms with Crippen molar-refractivity contribution < 1.29 is 18.7 Å². The molecule has 0 atom stereocenters. The first kappa shape index (κ1) is 15.6. The molecule has 0 fully saturated rings. The maximum Gasteiger partial charge on any atom is 0.325 e. The van der Waals surface area contributed by atoms with Crippen LogP contribution in [-0.2, 0) is 9.53 Å². The number of esters is 1. The minimum absolute atomic E-state index is 0.159. The van der Waals surface area contributed by atoms with E-state index < -0.39 is 17.5 Å². The molecule has 0 saturated carbocycles. The minimum Gasteiger partial charge on any atom is -0.459 e. The molecule has 112 valence electrons. The number of carbonyl (C=O) groups is 2. The summed E-state index contributed by atoms with van der Waals surface area (Å²) in [6.07, 6.45) is 0. The van der Waals surface area contributed by atoms with Gasteiger partial charge in [-0.15, -0.1) is 0 Å². The zero-order chi connectivity index (χ0) is 15.6. The van der Waals surface area contributed by atoms with Crippen LogP contribution < -0.4 is 5.32 Å². The number of benzene rings is 1. The van der Waals surface area contributed by atoms with Crippen molar-refractivity contribution >= 4 is 38.8 Å². The third-order valence-corrected chi connectivity index (χ3v) is 3.01. The molecule has 5 nitrogen and oxygen atoms in total. The fourth-order valence-corrected chi connectivity index (χ4v) is 2.12. The summed E-state index contributed by atoms with van der Waals surface area (Å²) in [5.74, 6) is -0.783. The molecule has 1 N–H and O–H groups in total. The van der Waals surface area contributed by atoms with Crippen LogP contribution in [0.4, 0.5) is 0 Å². The van der Waals surface area contributed by atoms with Gasteiger partial charge < -0.3 is 14.5 Å². The van der Waals surface area contributed by atoms with Gasteiger partial charge in [0.2, 0.25) is 0 Å². The van der Waals surface area contributed by atoms with E-state index in [0.29, 0.717) is 5.58 Å². The van der Waals surface area contributed by atoms with Crippen molar-refractivity contribution in [1.29, 1.82) is 0 Å². The molecule has 1 aromatic carbocycles. The Morgan fingerprint density at radius 1 is 1.29 bits per heavy atom. The van der Waals surface area contributed by atoms with Crippen molar-refractivity contribution in [3.05, 3.63) is 34.5 Å². The van der Waals surface area contributed by atoms with Gasteiger partial charge >= 0.3 is 5.97 Å². The van der Waals surface area contributed by atoms with Crippen LogP contribution in [0.2, 0.25) is 0 Å². The molecule has 0 aliphatic heterocycles. The summed E-state index contributed by atoms with van der Waals surface area (Å²) in [7, 11) is 0. The van der Waals surface area contributed by atoms with Gasteiger partial charge in [0.1, 0.15) is 17.7 Å². The van der Waals surface area contributed by atoms with E-state index in [-0.39, 0.29) is 12.3 Å². The van der Waals surface area contributed by atoms with Crippen LogP contribution in [0.1, 0.15) is 31.3 Å². The monoisotopic (exact) mass is 353 g/mol. The highest BCUT2D eigenvalue weighted by atomic mass is 79.9. The van der Waals surface area contributed by atoms with E-state index in [1.54, 1.807) is 32.9 Å². The minimum atomic E-state index is -0.576. The number of hydrogen-bond donors (Lipinski definition) is 1. The lowest BCUT2D eigenvalue weighted by Gasteiger charge is -2.19. The maximum absolute atomic E-state index is 11.9. The highest BCUT2D eigenvalue weighted by molar-refractivity contribution is 9.10. The average Bonchev–Trinajstić information content (AvgIpc) is 2.76. The number of furan rings is 1. The number of amides is 1. The third-order valence-electron chi connectivity index (χ3n) is 2.52. The summed E-state index contributed by atoms with van der Waals surface area (Å²) in [6.45, 7) is 5.11. The Labute approximate surface area is 130 Å². The van der Waals surface area contributed by atoms with Gasteiger partial charge in [0.05, 0.1) is 0 Å². The Balaban J connectivity index is 2.01. The SMILES string of the molecule is CC(C)(C)OC(=O)CNC(=O)c1cc2cc(Br)ccc2o1. The van der Waals surface area contributed by atoms with Crippen LogP contribution in [0, 0.1) is 0 Å². The fraction of sp³-hybridized carbons (Fsp3) is 0.333. The normalized spacial score (nSPS) is 11.4. The zero-order valence-electron chi connectivity index (χ0n) is 12.0. The van der Waals surface area contributed by atoms with E-state index in [2.05, 4.69) is 21.2 Å². The Bertz CT molecular complexity index is 685. The maximum atomic E-state index is 11.9. The lowest BCUT2D eigenvalue weighted by Crippen LogP contribution is -2.34. The quantitative estimate of drug-likeness (QED) is 0.859. The van der Waals surface area contributed by atoms with Gasteiger partial charge in [-0.25, -0.2) is 0 Å². The van der Waals surface area contributed by atoms with E-state index in [0.717, 1.165) is 9.86 Å². The smallest absolute Gasteiger partial charge is 0.325 e. The van der Waals surface area contributed by atoms with Crippen LogP contribution in [-0.4, -0.2) is 24.0 Å². The summed E-state index contributed by atoms with van der Waals surface area (Å²) < 4.78 is 11.4. The highest BCUT2D eigenvalue weighted by Gasteiger charge is 2.18. The van der Waals surface area contributed by atoms with E-state index in [4.69, 9.17) is 9.15 Å². The number of fused-ring (bicyclic) bond motifs is 1. The van der Waals surface area contributed by atoms with Crippen molar-refractivity contribution in [3.63, 3.8) is 0 Å². The average molecular weight is 354 g/mol. The van der Waals surface area contributed by atoms with Crippen LogP contribution in [0.25, 0.3) is 11.0 Å². The largest absolute Gasteiger partial charge is 0.459 e. The van der Waals surface area contributed by atoms with Crippen molar-refractivity contribution in [2.24, 2.45) is 0 Å². The molecule has 0 aliphatic rings. The second-order valence-corrected chi connectivity index (χ2v) is 6.48. The highest BCUT2D eigenvalue weighted by Crippen LogP contribution is 2.23. The lowest BCUT2D eigenvalue weighted by atomic mass is 10.2. The van der Waals surface area contributed by atoms with E-state index in [1.165, 1.54) is 0 Å². The Morgan fingerprint density at radius 2 is 2.00 bits per heavy atom. The topological polar surface area (TPSA) is 68.5 Å². The molecule has 6 heteroatoms. The fourth-order valence-electron chi connectivity index (χ4n) is 1.74. The second kappa shape index (κ2) is 5.89. The zero-order valence-corrected chi connectivity index (χ0v) is 13.6. The van der Waals surface area contributed by atoms with Crippen molar-refractivity contribution in [2.45, 2.75) is 26.4 Å². The summed E-state index contributed by atoms with van der Waals surface area (Å²) in [5, 5.41) is 3.29. The molecule has 1 amide bonds. The molecule has 0 aliphatic carbocycles. The molecule has 0 bridgehead atoms. The molecule has 0 spiro atoms. The van der Waals surface area contributed by atoms with Crippen molar-refractivity contribution in [2.75, 3.05) is 6.54 Å². The molecule has 0 saturated heterocycles. The molecule has 0 radical (unpaired) electrons. The van der Waals surface area contributed by atoms with E-state index in [9.17, 15) is 9.59 Å². The van der Waals surface area contributed by atoms with Gasteiger partial charge in [-0.1, -0.05) is 15.9 Å². The Kier molecular flexibility index (Phi) is 4.37. The number of rotatable bonds is 3. The molecule has 1 aromatic heterocycles. The second-order valence-electron chi connectivity index (χ2n) is 5.56. The molecular weight excluding hydrogens is 338 g/mol. The first-order valence-corrected chi connectivity index (χ1v) is 7.23. The van der Waals surface area contributed by atoms with Crippen LogP contribution in [0.5, 0.6) is 0 Å². The third kappa shape index (κ3) is 4.32. The van der Waals surface area contributed by atoms with Crippen LogP contribution in [0.15, 0.2) is 33.2 Å². The number of hydrogen-bond acceptors (Lipinski definition) is 4. The molecule has 21 heavy (non-hydrogen) atoms. The first-order valence-electron chi connectivity index (χ1n) is 6.44. The standard InChI is InChI=1S/C15H16BrNO4/c1-15(2,3)21-13(18)8-17-14(19)12-7-9-6-10(16)4-5-11(9)20-12/h4-7H,8H2,1-3H3,(H,17,19). The van der Waals surface area contributed by atoms with E-state index >= 15 is 0 Å². The molecule has 1 heterocycles. The lowest BCUT2D eigenvalue weighted by molar-refractivity contribution is -0.153. The van der Waals surface area contributed by atoms with Crippen LogP contribution in [0.3, 0.4) is 0 Å². The van der Waals surface area contributed by atoms with Gasteiger partial charge in [-0.3, -0.25) is 9.59 Å². The van der Waals surface area contributed by atoms with Gasteiger partial charge in [0.15, 0.2) is 5.76 Å². The first-order chi connectivity index (χ1) is 9.74. The number of nitrogens with one attached hydrogen (secondary N) is 1. The predicted octanol–water partition coefficient (Wildman–Crippen LogP) is 3.27. The summed E-state index contributed by atoms with van der Waals surface area (Å²) in [6, 6.07) is 7.08. The van der Waals surface area contributed by atoms with Crippen molar-refractivity contribution in [1.82, 2.24) is 5.32 Å². The molecule has 0 unspecified atom stereocenters. The summed E-state index contributed by atoms with van der Waals surface area (Å²) >= 11 is 3.35.